The maximum absolute atomic E-state index is 13.0. The number of aromatic nitrogens is 4. The van der Waals surface area contributed by atoms with Crippen molar-refractivity contribution in [2.45, 2.75) is 26.7 Å². The Kier molecular flexibility index (Phi) is 5.70. The monoisotopic (exact) mass is 401 g/mol. The summed E-state index contributed by atoms with van der Waals surface area (Å²) >= 11 is 0. The van der Waals surface area contributed by atoms with Crippen molar-refractivity contribution in [3.8, 4) is 16.9 Å². The molecule has 0 spiro atoms. The van der Waals surface area contributed by atoms with Gasteiger partial charge in [0.1, 0.15) is 5.69 Å². The van der Waals surface area contributed by atoms with Gasteiger partial charge in [-0.25, -0.2) is 4.68 Å². The van der Waals surface area contributed by atoms with Gasteiger partial charge in [0.15, 0.2) is 5.82 Å². The molecular weight excluding hydrogens is 378 g/mol. The van der Waals surface area contributed by atoms with Gasteiger partial charge in [0.2, 0.25) is 5.89 Å². The molecule has 2 aromatic carbocycles. The lowest BCUT2D eigenvalue weighted by Crippen LogP contribution is -2.25. The lowest BCUT2D eigenvalue weighted by molar-refractivity contribution is 0.0953. The van der Waals surface area contributed by atoms with Gasteiger partial charge in [-0.2, -0.15) is 10.1 Å². The number of para-hydroxylation sites is 1. The molecule has 0 atom stereocenters. The summed E-state index contributed by atoms with van der Waals surface area (Å²) in [5.41, 5.74) is 4.13. The predicted molar refractivity (Wildman–Crippen MR) is 113 cm³/mol. The van der Waals surface area contributed by atoms with Gasteiger partial charge >= 0.3 is 0 Å². The zero-order valence-electron chi connectivity index (χ0n) is 17.0. The molecule has 0 saturated carbocycles. The highest BCUT2D eigenvalue weighted by Crippen LogP contribution is 2.24. The van der Waals surface area contributed by atoms with E-state index in [1.165, 1.54) is 0 Å². The lowest BCUT2D eigenvalue weighted by atomic mass is 10.1. The van der Waals surface area contributed by atoms with Crippen LogP contribution in [0, 0.1) is 13.8 Å². The van der Waals surface area contributed by atoms with E-state index in [9.17, 15) is 4.79 Å². The highest BCUT2D eigenvalue weighted by molar-refractivity contribution is 6.00. The molecule has 0 aliphatic rings. The van der Waals surface area contributed by atoms with Gasteiger partial charge in [-0.05, 0) is 38.5 Å². The minimum atomic E-state index is -0.157. The van der Waals surface area contributed by atoms with E-state index >= 15 is 0 Å². The third-order valence-corrected chi connectivity index (χ3v) is 4.69. The summed E-state index contributed by atoms with van der Waals surface area (Å²) in [6, 6.07) is 17.8. The SMILES string of the molecule is Cc1cccc(-c2nn(-c3ccccc3)cc2C(=O)NCCCc2nc(C)no2)c1. The Hall–Kier alpha value is -3.74. The maximum atomic E-state index is 13.0. The number of nitrogens with one attached hydrogen (secondary N) is 1. The van der Waals surface area contributed by atoms with E-state index in [4.69, 9.17) is 9.62 Å². The maximum Gasteiger partial charge on any atom is 0.255 e. The van der Waals surface area contributed by atoms with Gasteiger partial charge in [0.05, 0.1) is 11.3 Å². The molecule has 0 fully saturated rings. The molecule has 30 heavy (non-hydrogen) atoms. The van der Waals surface area contributed by atoms with Gasteiger partial charge in [-0.1, -0.05) is 47.1 Å². The highest BCUT2D eigenvalue weighted by Gasteiger charge is 2.18. The number of nitrogens with zero attached hydrogens (tertiary/aromatic N) is 4. The molecule has 1 N–H and O–H groups in total. The van der Waals surface area contributed by atoms with Crippen molar-refractivity contribution in [1.29, 1.82) is 0 Å². The van der Waals surface area contributed by atoms with E-state index in [-0.39, 0.29) is 5.91 Å². The molecule has 0 radical (unpaired) electrons. The summed E-state index contributed by atoms with van der Waals surface area (Å²) in [4.78, 5) is 17.1. The third-order valence-electron chi connectivity index (χ3n) is 4.69. The molecule has 0 bridgehead atoms. The van der Waals surface area contributed by atoms with E-state index in [1.54, 1.807) is 17.8 Å². The van der Waals surface area contributed by atoms with Crippen molar-refractivity contribution in [2.75, 3.05) is 6.54 Å². The largest absolute Gasteiger partial charge is 0.352 e. The average molecular weight is 401 g/mol. The second-order valence-corrected chi connectivity index (χ2v) is 7.14. The minimum absolute atomic E-state index is 0.157. The summed E-state index contributed by atoms with van der Waals surface area (Å²) in [5, 5.41) is 11.5. The fourth-order valence-electron chi connectivity index (χ4n) is 3.24. The molecule has 0 aliphatic heterocycles. The summed E-state index contributed by atoms with van der Waals surface area (Å²) in [6.45, 7) is 4.31. The summed E-state index contributed by atoms with van der Waals surface area (Å²) < 4.78 is 6.85. The van der Waals surface area contributed by atoms with E-state index in [1.807, 2.05) is 61.5 Å². The van der Waals surface area contributed by atoms with E-state index in [2.05, 4.69) is 15.5 Å². The Balaban J connectivity index is 1.54. The minimum Gasteiger partial charge on any atom is -0.352 e. The second kappa shape index (κ2) is 8.73. The fourth-order valence-corrected chi connectivity index (χ4v) is 3.24. The molecule has 4 aromatic rings. The van der Waals surface area contributed by atoms with Crippen LogP contribution in [0.4, 0.5) is 0 Å². The van der Waals surface area contributed by atoms with Crippen molar-refractivity contribution in [2.24, 2.45) is 0 Å². The smallest absolute Gasteiger partial charge is 0.255 e. The number of carbonyl (C=O) groups excluding carboxylic acids is 1. The number of aryl methyl sites for hydroxylation is 3. The first-order valence-corrected chi connectivity index (χ1v) is 9.89. The Labute approximate surface area is 174 Å². The van der Waals surface area contributed by atoms with Gasteiger partial charge in [0, 0.05) is 24.7 Å². The summed E-state index contributed by atoms with van der Waals surface area (Å²) in [7, 11) is 0. The number of hydrogen-bond donors (Lipinski definition) is 1. The van der Waals surface area contributed by atoms with Crippen LogP contribution in [0.5, 0.6) is 0 Å². The molecule has 2 heterocycles. The molecule has 0 aliphatic carbocycles. The van der Waals surface area contributed by atoms with E-state index < -0.39 is 0 Å². The Morgan fingerprint density at radius 1 is 1.10 bits per heavy atom. The van der Waals surface area contributed by atoms with Crippen LogP contribution in [0.1, 0.15) is 34.1 Å². The topological polar surface area (TPSA) is 85.8 Å². The Bertz CT molecular complexity index is 1150. The molecule has 0 saturated heterocycles. The number of rotatable bonds is 7. The molecule has 0 unspecified atom stereocenters. The van der Waals surface area contributed by atoms with E-state index in [0.717, 1.165) is 16.8 Å². The Morgan fingerprint density at radius 2 is 1.93 bits per heavy atom. The lowest BCUT2D eigenvalue weighted by Gasteiger charge is -2.05. The van der Waals surface area contributed by atoms with Gasteiger partial charge in [-0.3, -0.25) is 4.79 Å². The molecule has 152 valence electrons. The van der Waals surface area contributed by atoms with Crippen LogP contribution in [0.2, 0.25) is 0 Å². The molecule has 4 rings (SSSR count). The quantitative estimate of drug-likeness (QED) is 0.475. The molecular formula is C23H23N5O2. The molecule has 7 heteroatoms. The normalized spacial score (nSPS) is 10.9. The first-order chi connectivity index (χ1) is 14.6. The van der Waals surface area contributed by atoms with Crippen molar-refractivity contribution in [3.05, 3.63) is 83.6 Å². The summed E-state index contributed by atoms with van der Waals surface area (Å²) in [5.74, 6) is 1.04. The van der Waals surface area contributed by atoms with Crippen LogP contribution >= 0.6 is 0 Å². The van der Waals surface area contributed by atoms with Crippen LogP contribution in [0.25, 0.3) is 16.9 Å². The zero-order chi connectivity index (χ0) is 20.9. The van der Waals surface area contributed by atoms with Crippen LogP contribution in [-0.2, 0) is 6.42 Å². The van der Waals surface area contributed by atoms with Crippen LogP contribution < -0.4 is 5.32 Å². The van der Waals surface area contributed by atoms with Crippen LogP contribution in [0.3, 0.4) is 0 Å². The standard InChI is InChI=1S/C23H23N5O2/c1-16-8-6-9-18(14-16)22-20(15-28(26-22)19-10-4-3-5-11-19)23(29)24-13-7-12-21-25-17(2)27-30-21/h3-6,8-11,14-15H,7,12-13H2,1-2H3,(H,24,29). The van der Waals surface area contributed by atoms with Crippen molar-refractivity contribution >= 4 is 5.91 Å². The van der Waals surface area contributed by atoms with Crippen molar-refractivity contribution in [3.63, 3.8) is 0 Å². The van der Waals surface area contributed by atoms with Gasteiger partial charge < -0.3 is 9.84 Å². The number of carbonyl (C=O) groups is 1. The zero-order valence-corrected chi connectivity index (χ0v) is 17.0. The Morgan fingerprint density at radius 3 is 2.67 bits per heavy atom. The third kappa shape index (κ3) is 4.46. The van der Waals surface area contributed by atoms with Gasteiger partial charge in [-0.15, -0.1) is 0 Å². The highest BCUT2D eigenvalue weighted by atomic mass is 16.5. The van der Waals surface area contributed by atoms with Crippen molar-refractivity contribution in [1.82, 2.24) is 25.2 Å². The number of hydrogen-bond acceptors (Lipinski definition) is 5. The van der Waals surface area contributed by atoms with E-state index in [0.29, 0.717) is 42.4 Å². The van der Waals surface area contributed by atoms with Gasteiger partial charge in [0.25, 0.3) is 5.91 Å². The second-order valence-electron chi connectivity index (χ2n) is 7.14. The van der Waals surface area contributed by atoms with Crippen molar-refractivity contribution < 1.29 is 9.32 Å². The van der Waals surface area contributed by atoms with Crippen LogP contribution in [0.15, 0.2) is 65.3 Å². The average Bonchev–Trinajstić information content (AvgIpc) is 3.38. The van der Waals surface area contributed by atoms with Crippen LogP contribution in [-0.4, -0.2) is 32.4 Å². The number of amides is 1. The molecule has 1 amide bonds. The first-order valence-electron chi connectivity index (χ1n) is 9.89. The predicted octanol–water partition coefficient (Wildman–Crippen LogP) is 3.90. The molecule has 7 nitrogen and oxygen atoms in total. The molecule has 2 aromatic heterocycles. The summed E-state index contributed by atoms with van der Waals surface area (Å²) in [6.07, 6.45) is 3.11. The first kappa shape index (κ1) is 19.6. The fraction of sp³-hybridized carbons (Fsp3) is 0.217. The number of benzene rings is 2.